The van der Waals surface area contributed by atoms with Crippen molar-refractivity contribution >= 4 is 81.2 Å². The summed E-state index contributed by atoms with van der Waals surface area (Å²) >= 11 is 19.2. The first-order chi connectivity index (χ1) is 22.0. The van der Waals surface area contributed by atoms with E-state index in [2.05, 4.69) is 45.9 Å². The summed E-state index contributed by atoms with van der Waals surface area (Å²) in [6, 6.07) is 36.2. The summed E-state index contributed by atoms with van der Waals surface area (Å²) in [5, 5.41) is 2.00. The molecule has 0 amide bonds. The highest BCUT2D eigenvalue weighted by Gasteiger charge is 2.22. The van der Waals surface area contributed by atoms with Crippen molar-refractivity contribution in [3.05, 3.63) is 147 Å². The number of rotatable bonds is 3. The van der Waals surface area contributed by atoms with Crippen LogP contribution < -0.4 is 0 Å². The largest absolute Gasteiger partial charge is 0.355 e. The van der Waals surface area contributed by atoms with Gasteiger partial charge in [0.05, 0.1) is 33.8 Å². The normalized spacial score (nSPS) is 12.2. The van der Waals surface area contributed by atoms with E-state index in [9.17, 15) is 0 Å². The summed E-state index contributed by atoms with van der Waals surface area (Å²) in [6.45, 7) is 0. The van der Waals surface area contributed by atoms with E-state index < -0.39 is 0 Å². The molecule has 0 unspecified atom stereocenters. The van der Waals surface area contributed by atoms with Gasteiger partial charge in [0.1, 0.15) is 0 Å². The number of nitrogens with zero attached hydrogens (tertiary/aromatic N) is 3. The molecule has 0 saturated heterocycles. The molecule has 6 aromatic rings. The Labute approximate surface area is 274 Å². The van der Waals surface area contributed by atoms with Crippen LogP contribution in [-0.2, 0) is 0 Å². The molecule has 3 aromatic heterocycles. The van der Waals surface area contributed by atoms with Gasteiger partial charge in [-0.25, -0.2) is 9.97 Å². The first kappa shape index (κ1) is 27.7. The van der Waals surface area contributed by atoms with Gasteiger partial charge in [-0.1, -0.05) is 59.1 Å². The molecule has 5 heterocycles. The lowest BCUT2D eigenvalue weighted by Crippen LogP contribution is -1.94. The Morgan fingerprint density at radius 1 is 0.444 bits per heavy atom. The summed E-state index contributed by atoms with van der Waals surface area (Å²) in [5.74, 6) is 0. The molecular weight excluding hydrogens is 619 g/mol. The molecular formula is C38H23Cl3N4. The van der Waals surface area contributed by atoms with E-state index in [-0.39, 0.29) is 0 Å². The average Bonchev–Trinajstić information content (AvgIpc) is 3.83. The highest BCUT2D eigenvalue weighted by molar-refractivity contribution is 6.31. The predicted molar refractivity (Wildman–Crippen MR) is 190 cm³/mol. The molecule has 2 aliphatic heterocycles. The van der Waals surface area contributed by atoms with Crippen molar-refractivity contribution in [2.75, 3.05) is 0 Å². The zero-order valence-corrected chi connectivity index (χ0v) is 25.9. The molecule has 0 aliphatic carbocycles. The molecule has 0 fully saturated rings. The molecule has 8 bridgehead atoms. The zero-order chi connectivity index (χ0) is 30.5. The van der Waals surface area contributed by atoms with Crippen LogP contribution in [0.15, 0.2) is 109 Å². The van der Waals surface area contributed by atoms with E-state index in [4.69, 9.17) is 44.8 Å². The Morgan fingerprint density at radius 2 is 0.822 bits per heavy atom. The summed E-state index contributed by atoms with van der Waals surface area (Å²) in [7, 11) is 0. The van der Waals surface area contributed by atoms with Crippen LogP contribution in [0.5, 0.6) is 0 Å². The third-order valence-electron chi connectivity index (χ3n) is 7.87. The fourth-order valence-electron chi connectivity index (χ4n) is 5.88. The van der Waals surface area contributed by atoms with Crippen molar-refractivity contribution < 1.29 is 0 Å². The topological polar surface area (TPSA) is 46.5 Å². The third kappa shape index (κ3) is 5.38. The van der Waals surface area contributed by atoms with Crippen LogP contribution in [0, 0.1) is 0 Å². The lowest BCUT2D eigenvalue weighted by molar-refractivity contribution is 1.17. The van der Waals surface area contributed by atoms with Gasteiger partial charge in [0.2, 0.25) is 0 Å². The van der Waals surface area contributed by atoms with Crippen LogP contribution in [0.4, 0.5) is 0 Å². The molecule has 3 aromatic carbocycles. The minimum atomic E-state index is 0.662. The first-order valence-electron chi connectivity index (χ1n) is 14.4. The van der Waals surface area contributed by atoms with E-state index in [0.29, 0.717) is 15.1 Å². The molecule has 0 radical (unpaired) electrons. The average molecular weight is 642 g/mol. The van der Waals surface area contributed by atoms with Crippen molar-refractivity contribution in [3.8, 4) is 27.9 Å². The van der Waals surface area contributed by atoms with E-state index in [1.807, 2.05) is 97.1 Å². The van der Waals surface area contributed by atoms with Crippen molar-refractivity contribution in [2.24, 2.45) is 0 Å². The summed E-state index contributed by atoms with van der Waals surface area (Å²) in [4.78, 5) is 13.4. The minimum Gasteiger partial charge on any atom is -0.355 e. The molecule has 1 N–H and O–H groups in total. The number of aromatic nitrogens is 4. The smallest absolute Gasteiger partial charge is 0.0658 e. The Bertz CT molecular complexity index is 2190. The molecule has 45 heavy (non-hydrogen) atoms. The van der Waals surface area contributed by atoms with Crippen LogP contribution in [0.25, 0.3) is 74.3 Å². The second kappa shape index (κ2) is 11.2. The van der Waals surface area contributed by atoms with Gasteiger partial charge in [0, 0.05) is 42.9 Å². The Morgan fingerprint density at radius 3 is 1.24 bits per heavy atom. The fourth-order valence-corrected chi connectivity index (χ4v) is 6.25. The summed E-state index contributed by atoms with van der Waals surface area (Å²) in [5.41, 5.74) is 12.2. The van der Waals surface area contributed by atoms with E-state index in [1.165, 1.54) is 0 Å². The number of aromatic amines is 1. The van der Waals surface area contributed by atoms with Crippen molar-refractivity contribution in [1.29, 1.82) is 0 Å². The standard InChI is InChI=1S/C38H23Cl3N4/c39-25-5-1-23(2-6-25)37-35-21-32-15-13-30(43-32)19-28-11-12-29(42-28)20-31-14-16-33(44-31)22-36(38(37)24-3-7-26(40)8-4-24)45(35)34-17-9-27(41)10-18-34/h1-22,42H. The number of hydrogen-bond donors (Lipinski definition) is 1. The van der Waals surface area contributed by atoms with E-state index in [0.717, 1.165) is 72.8 Å². The van der Waals surface area contributed by atoms with Crippen LogP contribution in [0.3, 0.4) is 0 Å². The molecule has 8 rings (SSSR count). The third-order valence-corrected chi connectivity index (χ3v) is 8.62. The number of fused-ring (bicyclic) bond motifs is 8. The number of halogens is 3. The Hall–Kier alpha value is -4.87. The molecule has 4 nitrogen and oxygen atoms in total. The number of nitrogens with one attached hydrogen (secondary N) is 1. The van der Waals surface area contributed by atoms with Gasteiger partial charge in [-0.3, -0.25) is 0 Å². The molecule has 2 aliphatic rings. The summed E-state index contributed by atoms with van der Waals surface area (Å²) < 4.78 is 2.25. The van der Waals surface area contributed by atoms with Crippen LogP contribution in [0.1, 0.15) is 22.8 Å². The van der Waals surface area contributed by atoms with E-state index in [1.54, 1.807) is 0 Å². The maximum atomic E-state index is 6.39. The second-order valence-corrected chi connectivity index (χ2v) is 12.2. The minimum absolute atomic E-state index is 0.662. The van der Waals surface area contributed by atoms with Crippen LogP contribution >= 0.6 is 34.8 Å². The highest BCUT2D eigenvalue weighted by Crippen LogP contribution is 2.44. The van der Waals surface area contributed by atoms with E-state index >= 15 is 0 Å². The molecule has 0 atom stereocenters. The van der Waals surface area contributed by atoms with Gasteiger partial charge in [-0.15, -0.1) is 0 Å². The van der Waals surface area contributed by atoms with Crippen LogP contribution in [0.2, 0.25) is 15.1 Å². The lowest BCUT2D eigenvalue weighted by atomic mass is 9.96. The van der Waals surface area contributed by atoms with Gasteiger partial charge in [0.25, 0.3) is 0 Å². The van der Waals surface area contributed by atoms with Gasteiger partial charge in [-0.2, -0.15) is 0 Å². The van der Waals surface area contributed by atoms with Crippen molar-refractivity contribution in [1.82, 2.24) is 19.5 Å². The Kier molecular flexibility index (Phi) is 6.91. The molecule has 0 spiro atoms. The first-order valence-corrected chi connectivity index (χ1v) is 15.5. The summed E-state index contributed by atoms with van der Waals surface area (Å²) in [6.07, 6.45) is 8.15. The van der Waals surface area contributed by atoms with Gasteiger partial charge >= 0.3 is 0 Å². The van der Waals surface area contributed by atoms with Gasteiger partial charge in [-0.05, 0) is 120 Å². The quantitative estimate of drug-likeness (QED) is 0.209. The molecule has 216 valence electrons. The zero-order valence-electron chi connectivity index (χ0n) is 23.7. The number of H-pyrrole nitrogens is 1. The fraction of sp³-hybridized carbons (Fsp3) is 0. The van der Waals surface area contributed by atoms with Crippen molar-refractivity contribution in [2.45, 2.75) is 0 Å². The predicted octanol–water partition coefficient (Wildman–Crippen LogP) is 11.4. The van der Waals surface area contributed by atoms with Crippen LogP contribution in [-0.4, -0.2) is 19.5 Å². The SMILES string of the molecule is Clc1ccc(-c2c(-c3ccc(Cl)cc3)c3cc4nc(cc5ccc(cc6nc(cc2n3-c2ccc(Cl)cc2)C=C6)[nH]5)C=C4)cc1. The maximum absolute atomic E-state index is 6.39. The number of hydrogen-bond acceptors (Lipinski definition) is 2. The Balaban J connectivity index is 1.62. The maximum Gasteiger partial charge on any atom is 0.0658 e. The lowest BCUT2D eigenvalue weighted by Gasteiger charge is -2.08. The van der Waals surface area contributed by atoms with Gasteiger partial charge in [0.15, 0.2) is 0 Å². The van der Waals surface area contributed by atoms with Gasteiger partial charge < -0.3 is 9.55 Å². The highest BCUT2D eigenvalue weighted by atomic mass is 35.5. The van der Waals surface area contributed by atoms with Crippen molar-refractivity contribution in [3.63, 3.8) is 0 Å². The second-order valence-electron chi connectivity index (χ2n) is 10.9. The number of benzene rings is 3. The monoisotopic (exact) mass is 640 g/mol. The molecule has 7 heteroatoms. The molecule has 0 saturated carbocycles.